The maximum Gasteiger partial charge on any atom is 0.0459 e. The molecule has 0 aliphatic carbocycles. The molecule has 2 rings (SSSR count). The van der Waals surface area contributed by atoms with Gasteiger partial charge >= 0.3 is 0 Å². The molecule has 0 radical (unpaired) electrons. The van der Waals surface area contributed by atoms with Gasteiger partial charge in [-0.05, 0) is 11.6 Å². The molecule has 0 atom stereocenters. The summed E-state index contributed by atoms with van der Waals surface area (Å²) in [5, 5.41) is 1.25. The highest BCUT2D eigenvalue weighted by molar-refractivity contribution is 5.85. The first-order chi connectivity index (χ1) is 7.04. The zero-order chi connectivity index (χ0) is 11.1. The van der Waals surface area contributed by atoms with E-state index in [0.29, 0.717) is 6.54 Å². The predicted octanol–water partition coefficient (Wildman–Crippen LogP) is 2.92. The number of fused-ring (bicyclic) bond motifs is 1. The molecule has 0 amide bonds. The second-order valence-corrected chi connectivity index (χ2v) is 4.98. The van der Waals surface area contributed by atoms with Crippen molar-refractivity contribution in [3.63, 3.8) is 0 Å². The lowest BCUT2D eigenvalue weighted by Gasteiger charge is -2.18. The Kier molecular flexibility index (Phi) is 2.31. The van der Waals surface area contributed by atoms with Crippen molar-refractivity contribution in [1.82, 2.24) is 4.98 Å². The molecule has 0 spiro atoms. The number of hydrogen-bond donors (Lipinski definition) is 2. The number of nitrogens with one attached hydrogen (secondary N) is 1. The van der Waals surface area contributed by atoms with Gasteiger partial charge in [-0.25, -0.2) is 0 Å². The van der Waals surface area contributed by atoms with E-state index in [1.54, 1.807) is 0 Å². The first-order valence-electron chi connectivity index (χ1n) is 5.34. The summed E-state index contributed by atoms with van der Waals surface area (Å²) in [5.41, 5.74) is 9.64. The molecule has 80 valence electrons. The number of para-hydroxylation sites is 1. The molecule has 1 aromatic carbocycles. The van der Waals surface area contributed by atoms with Crippen LogP contribution in [0.1, 0.15) is 32.0 Å². The van der Waals surface area contributed by atoms with Gasteiger partial charge in [0.2, 0.25) is 0 Å². The Balaban J connectivity index is 2.75. The molecule has 0 saturated heterocycles. The van der Waals surface area contributed by atoms with E-state index in [2.05, 4.69) is 44.0 Å². The van der Waals surface area contributed by atoms with E-state index in [1.807, 2.05) is 6.07 Å². The number of nitrogens with two attached hydrogens (primary N) is 1. The lowest BCUT2D eigenvalue weighted by Crippen LogP contribution is -2.15. The Morgan fingerprint density at radius 2 is 1.87 bits per heavy atom. The molecule has 3 N–H and O–H groups in total. The van der Waals surface area contributed by atoms with Gasteiger partial charge in [-0.15, -0.1) is 0 Å². The maximum atomic E-state index is 5.84. The number of rotatable bonds is 1. The second-order valence-electron chi connectivity index (χ2n) is 4.98. The summed E-state index contributed by atoms with van der Waals surface area (Å²) in [6.07, 6.45) is 0. The van der Waals surface area contributed by atoms with Crippen LogP contribution in [-0.4, -0.2) is 4.98 Å². The average molecular weight is 202 g/mol. The second kappa shape index (κ2) is 3.38. The van der Waals surface area contributed by atoms with Gasteiger partial charge in [0.1, 0.15) is 0 Å². The summed E-state index contributed by atoms with van der Waals surface area (Å²) in [5.74, 6) is 0. The number of aromatic amines is 1. The van der Waals surface area contributed by atoms with E-state index in [9.17, 15) is 0 Å². The van der Waals surface area contributed by atoms with Crippen LogP contribution < -0.4 is 5.73 Å². The summed E-state index contributed by atoms with van der Waals surface area (Å²) in [6, 6.07) is 8.33. The van der Waals surface area contributed by atoms with Crippen LogP contribution in [0.15, 0.2) is 24.3 Å². The minimum atomic E-state index is 0.119. The van der Waals surface area contributed by atoms with Gasteiger partial charge in [0.15, 0.2) is 0 Å². The largest absolute Gasteiger partial charge is 0.358 e. The number of benzene rings is 1. The molecule has 0 bridgehead atoms. The van der Waals surface area contributed by atoms with E-state index < -0.39 is 0 Å². The molecular weight excluding hydrogens is 184 g/mol. The molecule has 15 heavy (non-hydrogen) atoms. The highest BCUT2D eigenvalue weighted by atomic mass is 14.8. The van der Waals surface area contributed by atoms with Crippen LogP contribution in [0.4, 0.5) is 0 Å². The Labute approximate surface area is 90.5 Å². The van der Waals surface area contributed by atoms with Crippen molar-refractivity contribution in [2.75, 3.05) is 0 Å². The normalized spacial score (nSPS) is 12.3. The zero-order valence-corrected chi connectivity index (χ0v) is 9.59. The summed E-state index contributed by atoms with van der Waals surface area (Å²) in [7, 11) is 0. The van der Waals surface area contributed by atoms with Crippen molar-refractivity contribution in [3.05, 3.63) is 35.5 Å². The first kappa shape index (κ1) is 10.2. The fraction of sp³-hybridized carbons (Fsp3) is 0.385. The van der Waals surface area contributed by atoms with E-state index >= 15 is 0 Å². The molecule has 0 saturated carbocycles. The summed E-state index contributed by atoms with van der Waals surface area (Å²) in [6.45, 7) is 7.21. The lowest BCUT2D eigenvalue weighted by atomic mass is 9.89. The van der Waals surface area contributed by atoms with Crippen molar-refractivity contribution < 1.29 is 0 Å². The van der Waals surface area contributed by atoms with Crippen LogP contribution in [0.3, 0.4) is 0 Å². The van der Waals surface area contributed by atoms with Crippen molar-refractivity contribution >= 4 is 10.9 Å². The Hall–Kier alpha value is -1.28. The van der Waals surface area contributed by atoms with Gasteiger partial charge in [-0.2, -0.15) is 0 Å². The molecule has 0 aliphatic heterocycles. The van der Waals surface area contributed by atoms with Crippen LogP contribution in [0, 0.1) is 0 Å². The van der Waals surface area contributed by atoms with E-state index in [4.69, 9.17) is 5.73 Å². The molecule has 1 heterocycles. The van der Waals surface area contributed by atoms with Crippen LogP contribution in [-0.2, 0) is 12.0 Å². The quantitative estimate of drug-likeness (QED) is 0.733. The van der Waals surface area contributed by atoms with Crippen LogP contribution in [0.5, 0.6) is 0 Å². The Morgan fingerprint density at radius 3 is 2.47 bits per heavy atom. The van der Waals surface area contributed by atoms with Crippen LogP contribution >= 0.6 is 0 Å². The average Bonchev–Trinajstić information content (AvgIpc) is 2.55. The maximum absolute atomic E-state index is 5.84. The van der Waals surface area contributed by atoms with Crippen LogP contribution in [0.2, 0.25) is 0 Å². The zero-order valence-electron chi connectivity index (χ0n) is 9.59. The topological polar surface area (TPSA) is 41.8 Å². The molecule has 2 nitrogen and oxygen atoms in total. The molecule has 2 heteroatoms. The van der Waals surface area contributed by atoms with E-state index in [0.717, 1.165) is 0 Å². The van der Waals surface area contributed by atoms with Crippen molar-refractivity contribution in [2.45, 2.75) is 32.7 Å². The van der Waals surface area contributed by atoms with Gasteiger partial charge in [0.05, 0.1) is 0 Å². The SMILES string of the molecule is CC(C)(C)c1[nH]c2ccccc2c1CN. The third kappa shape index (κ3) is 1.65. The lowest BCUT2D eigenvalue weighted by molar-refractivity contribution is 0.567. The van der Waals surface area contributed by atoms with Gasteiger partial charge in [0.25, 0.3) is 0 Å². The van der Waals surface area contributed by atoms with Gasteiger partial charge < -0.3 is 10.7 Å². The predicted molar refractivity (Wildman–Crippen MR) is 64.9 cm³/mol. The smallest absolute Gasteiger partial charge is 0.0459 e. The van der Waals surface area contributed by atoms with Crippen molar-refractivity contribution in [1.29, 1.82) is 0 Å². The van der Waals surface area contributed by atoms with Gasteiger partial charge in [0, 0.05) is 28.6 Å². The Bertz CT molecular complexity index is 475. The fourth-order valence-electron chi connectivity index (χ4n) is 2.05. The number of H-pyrrole nitrogens is 1. The summed E-state index contributed by atoms with van der Waals surface area (Å²) >= 11 is 0. The summed E-state index contributed by atoms with van der Waals surface area (Å²) in [4.78, 5) is 3.48. The van der Waals surface area contributed by atoms with Gasteiger partial charge in [-0.1, -0.05) is 39.0 Å². The third-order valence-electron chi connectivity index (χ3n) is 2.77. The Morgan fingerprint density at radius 1 is 1.20 bits per heavy atom. The number of aromatic nitrogens is 1. The minimum Gasteiger partial charge on any atom is -0.358 e. The molecule has 0 unspecified atom stereocenters. The van der Waals surface area contributed by atoms with E-state index in [-0.39, 0.29) is 5.41 Å². The minimum absolute atomic E-state index is 0.119. The molecule has 0 aliphatic rings. The highest BCUT2D eigenvalue weighted by Gasteiger charge is 2.21. The monoisotopic (exact) mass is 202 g/mol. The van der Waals surface area contributed by atoms with Crippen molar-refractivity contribution in [3.8, 4) is 0 Å². The van der Waals surface area contributed by atoms with Crippen LogP contribution in [0.25, 0.3) is 10.9 Å². The van der Waals surface area contributed by atoms with Crippen molar-refractivity contribution in [2.24, 2.45) is 5.73 Å². The molecule has 0 fully saturated rings. The first-order valence-corrected chi connectivity index (χ1v) is 5.34. The third-order valence-corrected chi connectivity index (χ3v) is 2.77. The molecule has 1 aromatic heterocycles. The number of hydrogen-bond acceptors (Lipinski definition) is 1. The fourth-order valence-corrected chi connectivity index (χ4v) is 2.05. The van der Waals surface area contributed by atoms with E-state index in [1.165, 1.54) is 22.2 Å². The summed E-state index contributed by atoms with van der Waals surface area (Å²) < 4.78 is 0. The standard InChI is InChI=1S/C13H18N2/c1-13(2,3)12-10(8-14)9-6-4-5-7-11(9)15-12/h4-7,15H,8,14H2,1-3H3. The van der Waals surface area contributed by atoms with Gasteiger partial charge in [-0.3, -0.25) is 0 Å². The molecule has 2 aromatic rings. The molecular formula is C13H18N2. The highest BCUT2D eigenvalue weighted by Crippen LogP contribution is 2.30.